The Morgan fingerprint density at radius 1 is 1.42 bits per heavy atom. The molecule has 2 nitrogen and oxygen atoms in total. The molecule has 1 rings (SSSR count). The van der Waals surface area contributed by atoms with Gasteiger partial charge in [-0.25, -0.2) is 13.8 Å². The van der Waals surface area contributed by atoms with Crippen molar-refractivity contribution in [3.05, 3.63) is 22.9 Å². The van der Waals surface area contributed by atoms with E-state index in [1.807, 2.05) is 13.8 Å². The van der Waals surface area contributed by atoms with Crippen molar-refractivity contribution in [3.63, 3.8) is 0 Å². The van der Waals surface area contributed by atoms with E-state index in [1.165, 1.54) is 0 Å². The smallest absolute Gasteiger partial charge is 0.186 e. The third-order valence-electron chi connectivity index (χ3n) is 0.944. The molecule has 68 valence electrons. The molecule has 0 amide bonds. The molecule has 0 spiro atoms. The number of hydrogen-bond donors (Lipinski definition) is 1. The van der Waals surface area contributed by atoms with Crippen LogP contribution in [0.1, 0.15) is 13.8 Å². The number of nitrogens with zero attached hydrogens (tertiary/aromatic N) is 1. The van der Waals surface area contributed by atoms with Gasteiger partial charge in [-0.05, 0) is 0 Å². The van der Waals surface area contributed by atoms with Crippen LogP contribution in [0.5, 0.6) is 0 Å². The molecule has 0 aliphatic rings. The van der Waals surface area contributed by atoms with Gasteiger partial charge >= 0.3 is 0 Å². The monoisotopic (exact) mass is 194 g/mol. The van der Waals surface area contributed by atoms with E-state index in [4.69, 9.17) is 17.3 Å². The van der Waals surface area contributed by atoms with E-state index in [1.54, 1.807) is 0 Å². The summed E-state index contributed by atoms with van der Waals surface area (Å²) in [5, 5.41) is -0.618. The largest absolute Gasteiger partial charge is 0.381 e. The van der Waals surface area contributed by atoms with Gasteiger partial charge in [-0.1, -0.05) is 25.4 Å². The second-order valence-corrected chi connectivity index (χ2v) is 2.00. The minimum absolute atomic E-state index is 0.397. The van der Waals surface area contributed by atoms with Crippen LogP contribution >= 0.6 is 11.6 Å². The molecule has 1 aromatic rings. The van der Waals surface area contributed by atoms with Crippen molar-refractivity contribution in [2.75, 3.05) is 5.73 Å². The molecule has 1 aromatic heterocycles. The second-order valence-electron chi connectivity index (χ2n) is 1.62. The van der Waals surface area contributed by atoms with Crippen molar-refractivity contribution in [1.29, 1.82) is 0 Å². The molecule has 0 aliphatic carbocycles. The Balaban J connectivity index is 0.000000561. The average molecular weight is 195 g/mol. The highest BCUT2D eigenvalue weighted by Crippen LogP contribution is 2.20. The predicted octanol–water partition coefficient (Wildman–Crippen LogP) is 2.62. The summed E-state index contributed by atoms with van der Waals surface area (Å²) in [7, 11) is 0. The normalized spacial score (nSPS) is 8.75. The van der Waals surface area contributed by atoms with Crippen molar-refractivity contribution < 1.29 is 8.78 Å². The summed E-state index contributed by atoms with van der Waals surface area (Å²) in [6.45, 7) is 4.00. The molecule has 0 radical (unpaired) electrons. The predicted molar refractivity (Wildman–Crippen MR) is 44.9 cm³/mol. The van der Waals surface area contributed by atoms with Crippen LogP contribution in [0.3, 0.4) is 0 Å². The molecule has 0 bridgehead atoms. The van der Waals surface area contributed by atoms with Crippen molar-refractivity contribution in [2.45, 2.75) is 13.8 Å². The summed E-state index contributed by atoms with van der Waals surface area (Å²) in [4.78, 5) is 3.18. The van der Waals surface area contributed by atoms with E-state index >= 15 is 0 Å². The first-order chi connectivity index (χ1) is 5.63. The standard InChI is InChI=1S/C5H3ClF2N2.C2H6/c6-3-2(7)1-10-5(9)4(3)8;1-2/h1H,(H2,9,10);1-2H3. The van der Waals surface area contributed by atoms with Gasteiger partial charge in [0, 0.05) is 0 Å². The van der Waals surface area contributed by atoms with Crippen molar-refractivity contribution in [3.8, 4) is 0 Å². The summed E-state index contributed by atoms with van der Waals surface area (Å²) in [5.74, 6) is -2.32. The van der Waals surface area contributed by atoms with Crippen LogP contribution in [0.4, 0.5) is 14.6 Å². The van der Waals surface area contributed by atoms with Crippen LogP contribution in [-0.4, -0.2) is 4.98 Å². The lowest BCUT2D eigenvalue weighted by atomic mass is 10.4. The lowest BCUT2D eigenvalue weighted by Gasteiger charge is -1.96. The first-order valence-electron chi connectivity index (χ1n) is 3.38. The zero-order valence-electron chi connectivity index (χ0n) is 6.74. The fraction of sp³-hybridized carbons (Fsp3) is 0.286. The number of aromatic nitrogens is 1. The summed E-state index contributed by atoms with van der Waals surface area (Å²) in [5.41, 5.74) is 4.95. The van der Waals surface area contributed by atoms with E-state index in [2.05, 4.69) is 4.98 Å². The summed E-state index contributed by atoms with van der Waals surface area (Å²) < 4.78 is 24.7. The fourth-order valence-corrected chi connectivity index (χ4v) is 0.602. The molecule has 5 heteroatoms. The lowest BCUT2D eigenvalue weighted by Crippen LogP contribution is -1.96. The number of hydrogen-bond acceptors (Lipinski definition) is 2. The summed E-state index contributed by atoms with van der Waals surface area (Å²) in [6.07, 6.45) is 0.765. The lowest BCUT2D eigenvalue weighted by molar-refractivity contribution is 0.578. The summed E-state index contributed by atoms with van der Waals surface area (Å²) >= 11 is 5.11. The van der Waals surface area contributed by atoms with E-state index in [0.717, 1.165) is 6.20 Å². The Bertz CT molecular complexity index is 239. The van der Waals surface area contributed by atoms with Crippen molar-refractivity contribution in [1.82, 2.24) is 4.98 Å². The molecule has 0 saturated heterocycles. The number of anilines is 1. The van der Waals surface area contributed by atoms with Crippen LogP contribution in [0.25, 0.3) is 0 Å². The Morgan fingerprint density at radius 2 is 1.92 bits per heavy atom. The van der Waals surface area contributed by atoms with Crippen LogP contribution in [0, 0.1) is 11.6 Å². The van der Waals surface area contributed by atoms with Crippen LogP contribution in [0.15, 0.2) is 6.20 Å². The number of nitrogen functional groups attached to an aromatic ring is 1. The minimum Gasteiger partial charge on any atom is -0.381 e. The zero-order valence-corrected chi connectivity index (χ0v) is 7.49. The molecule has 0 atom stereocenters. The van der Waals surface area contributed by atoms with E-state index in [-0.39, 0.29) is 0 Å². The Hall–Kier alpha value is -0.900. The molecule has 0 aromatic carbocycles. The van der Waals surface area contributed by atoms with Gasteiger partial charge in [0.1, 0.15) is 5.02 Å². The quantitative estimate of drug-likeness (QED) is 0.690. The molecule has 12 heavy (non-hydrogen) atoms. The maximum Gasteiger partial charge on any atom is 0.186 e. The average Bonchev–Trinajstić information content (AvgIpc) is 2.12. The van der Waals surface area contributed by atoms with Crippen molar-refractivity contribution >= 4 is 17.4 Å². The Morgan fingerprint density at radius 3 is 2.33 bits per heavy atom. The van der Waals surface area contributed by atoms with Gasteiger partial charge in [-0.15, -0.1) is 0 Å². The van der Waals surface area contributed by atoms with Gasteiger partial charge in [0.2, 0.25) is 0 Å². The first-order valence-corrected chi connectivity index (χ1v) is 3.75. The molecule has 0 aliphatic heterocycles. The number of nitrogens with two attached hydrogens (primary N) is 1. The molecule has 2 N–H and O–H groups in total. The molecule has 1 heterocycles. The number of halogens is 3. The minimum atomic E-state index is -1.01. The van der Waals surface area contributed by atoms with Gasteiger partial charge in [0.25, 0.3) is 0 Å². The Kier molecular flexibility index (Phi) is 4.51. The first kappa shape index (κ1) is 11.1. The van der Waals surface area contributed by atoms with Gasteiger partial charge in [0.15, 0.2) is 17.5 Å². The van der Waals surface area contributed by atoms with Crippen LogP contribution < -0.4 is 5.73 Å². The van der Waals surface area contributed by atoms with Crippen molar-refractivity contribution in [2.24, 2.45) is 0 Å². The number of pyridine rings is 1. The molecular weight excluding hydrogens is 186 g/mol. The third kappa shape index (κ3) is 2.30. The molecular formula is C7H9ClF2N2. The maximum atomic E-state index is 12.4. The van der Waals surface area contributed by atoms with Gasteiger partial charge in [-0.2, -0.15) is 0 Å². The Labute approximate surface area is 74.4 Å². The zero-order chi connectivity index (χ0) is 9.72. The molecule has 0 saturated carbocycles. The van der Waals surface area contributed by atoms with Crippen LogP contribution in [0.2, 0.25) is 5.02 Å². The fourth-order valence-electron chi connectivity index (χ4n) is 0.457. The highest BCUT2D eigenvalue weighted by molar-refractivity contribution is 6.31. The van der Waals surface area contributed by atoms with Crippen LogP contribution in [-0.2, 0) is 0 Å². The maximum absolute atomic E-state index is 12.4. The van der Waals surface area contributed by atoms with E-state index < -0.39 is 22.5 Å². The second kappa shape index (κ2) is 4.87. The highest BCUT2D eigenvalue weighted by Gasteiger charge is 2.09. The van der Waals surface area contributed by atoms with E-state index in [0.29, 0.717) is 0 Å². The summed E-state index contributed by atoms with van der Waals surface area (Å²) in [6, 6.07) is 0. The third-order valence-corrected chi connectivity index (χ3v) is 1.29. The van der Waals surface area contributed by atoms with Gasteiger partial charge in [0.05, 0.1) is 6.20 Å². The SMILES string of the molecule is CC.Nc1ncc(F)c(Cl)c1F. The number of rotatable bonds is 0. The molecule has 0 unspecified atom stereocenters. The molecule has 0 fully saturated rings. The van der Waals surface area contributed by atoms with Gasteiger partial charge in [-0.3, -0.25) is 0 Å². The topological polar surface area (TPSA) is 38.9 Å². The van der Waals surface area contributed by atoms with E-state index in [9.17, 15) is 8.78 Å². The highest BCUT2D eigenvalue weighted by atomic mass is 35.5. The van der Waals surface area contributed by atoms with Gasteiger partial charge < -0.3 is 5.73 Å².